The number of rotatable bonds is 3. The van der Waals surface area contributed by atoms with Gasteiger partial charge in [0.05, 0.1) is 0 Å². The normalized spacial score (nSPS) is 14.3. The number of ether oxygens (including phenoxy) is 1. The van der Waals surface area contributed by atoms with Crippen LogP contribution in [0.15, 0.2) is 42.5 Å². The predicted molar refractivity (Wildman–Crippen MR) is 83.0 cm³/mol. The lowest BCUT2D eigenvalue weighted by Crippen LogP contribution is -2.24. The average Bonchev–Trinajstić information content (AvgIpc) is 2.53. The predicted octanol–water partition coefficient (Wildman–Crippen LogP) is 4.00. The Balaban J connectivity index is 1.78. The van der Waals surface area contributed by atoms with Gasteiger partial charge in [-0.2, -0.15) is 0 Å². The largest absolute Gasteiger partial charge is 0.573 e. The third kappa shape index (κ3) is 3.76. The molecule has 0 saturated heterocycles. The molecule has 0 fully saturated rings. The zero-order valence-electron chi connectivity index (χ0n) is 12.7. The van der Waals surface area contributed by atoms with Gasteiger partial charge in [-0.25, -0.2) is 0 Å². The number of benzene rings is 2. The Morgan fingerprint density at radius 1 is 1.00 bits per heavy atom. The van der Waals surface area contributed by atoms with Crippen molar-refractivity contribution in [1.29, 1.82) is 0 Å². The molecule has 3 nitrogen and oxygen atoms in total. The minimum atomic E-state index is -4.67. The second-order valence-electron chi connectivity index (χ2n) is 5.48. The highest BCUT2D eigenvalue weighted by atomic mass is 19.4. The molecule has 0 aliphatic carbocycles. The molecule has 3 rings (SSSR count). The van der Waals surface area contributed by atoms with E-state index in [1.54, 1.807) is 12.1 Å². The zero-order valence-corrected chi connectivity index (χ0v) is 12.7. The Morgan fingerprint density at radius 2 is 1.70 bits per heavy atom. The summed E-state index contributed by atoms with van der Waals surface area (Å²) in [7, 11) is 1.89. The van der Waals surface area contributed by atoms with Crippen LogP contribution in [0.2, 0.25) is 0 Å². The number of alkyl halides is 3. The summed E-state index contributed by atoms with van der Waals surface area (Å²) in [4.78, 5) is 1.94. The molecule has 0 saturated carbocycles. The fourth-order valence-electron chi connectivity index (χ4n) is 2.70. The van der Waals surface area contributed by atoms with Crippen molar-refractivity contribution in [3.63, 3.8) is 0 Å². The molecule has 0 bridgehead atoms. The molecule has 1 N–H and O–H groups in total. The van der Waals surface area contributed by atoms with Gasteiger partial charge in [-0.3, -0.25) is 0 Å². The summed E-state index contributed by atoms with van der Waals surface area (Å²) in [5.74, 6) is -0.218. The molecule has 1 aliphatic rings. The number of nitrogens with one attached hydrogen (secondary N) is 1. The van der Waals surface area contributed by atoms with Crippen LogP contribution in [0.5, 0.6) is 5.75 Å². The van der Waals surface area contributed by atoms with Crippen LogP contribution in [0, 0.1) is 0 Å². The first-order valence-corrected chi connectivity index (χ1v) is 7.34. The molecule has 1 heterocycles. The Bertz CT molecular complexity index is 683. The van der Waals surface area contributed by atoms with Crippen LogP contribution in [-0.2, 0) is 13.0 Å². The molecule has 0 aromatic heterocycles. The summed E-state index contributed by atoms with van der Waals surface area (Å²) in [5.41, 5.74) is 4.40. The van der Waals surface area contributed by atoms with Crippen molar-refractivity contribution >= 4 is 11.4 Å². The van der Waals surface area contributed by atoms with Gasteiger partial charge in [-0.1, -0.05) is 6.07 Å². The summed E-state index contributed by atoms with van der Waals surface area (Å²) < 4.78 is 40.5. The minimum absolute atomic E-state index is 0.218. The first-order chi connectivity index (χ1) is 10.9. The van der Waals surface area contributed by atoms with Gasteiger partial charge in [0.1, 0.15) is 5.75 Å². The number of hydrogen-bond donors (Lipinski definition) is 1. The molecule has 0 unspecified atom stereocenters. The van der Waals surface area contributed by atoms with Crippen LogP contribution in [0.1, 0.15) is 11.1 Å². The van der Waals surface area contributed by atoms with Crippen molar-refractivity contribution in [2.75, 3.05) is 18.5 Å². The van der Waals surface area contributed by atoms with E-state index in [4.69, 9.17) is 0 Å². The van der Waals surface area contributed by atoms with E-state index in [0.717, 1.165) is 30.9 Å². The maximum Gasteiger partial charge on any atom is 0.573 e. The number of halogens is 3. The number of hydrogen-bond acceptors (Lipinski definition) is 3. The molecule has 0 radical (unpaired) electrons. The fourth-order valence-corrected chi connectivity index (χ4v) is 2.70. The molecule has 0 atom stereocenters. The number of fused-ring (bicyclic) bond motifs is 1. The minimum Gasteiger partial charge on any atom is -0.406 e. The standard InChI is InChI=1S/C17H17F3N2O/c1-22(14-4-6-16(7-5-14)23-17(18,19)20)15-3-2-12-8-9-21-11-13(12)10-15/h2-7,10,21H,8-9,11H2,1H3. The highest BCUT2D eigenvalue weighted by molar-refractivity contribution is 5.64. The summed E-state index contributed by atoms with van der Waals surface area (Å²) in [6.07, 6.45) is -3.65. The average molecular weight is 322 g/mol. The van der Waals surface area contributed by atoms with Crippen molar-refractivity contribution < 1.29 is 17.9 Å². The maximum atomic E-state index is 12.2. The van der Waals surface area contributed by atoms with E-state index >= 15 is 0 Å². The molecule has 1 aliphatic heterocycles. The molecular formula is C17H17F3N2O. The third-order valence-electron chi connectivity index (χ3n) is 3.92. The summed E-state index contributed by atoms with van der Waals surface area (Å²) in [6, 6.07) is 12.1. The van der Waals surface area contributed by atoms with Crippen LogP contribution in [-0.4, -0.2) is 20.0 Å². The van der Waals surface area contributed by atoms with Gasteiger partial charge < -0.3 is 15.0 Å². The zero-order chi connectivity index (χ0) is 16.4. The van der Waals surface area contributed by atoms with E-state index in [1.165, 1.54) is 23.3 Å². The van der Waals surface area contributed by atoms with E-state index in [2.05, 4.69) is 22.2 Å². The van der Waals surface area contributed by atoms with Crippen LogP contribution in [0.25, 0.3) is 0 Å². The molecule has 122 valence electrons. The van der Waals surface area contributed by atoms with E-state index in [-0.39, 0.29) is 5.75 Å². The second-order valence-corrected chi connectivity index (χ2v) is 5.48. The maximum absolute atomic E-state index is 12.2. The van der Waals surface area contributed by atoms with E-state index in [0.29, 0.717) is 0 Å². The molecule has 0 spiro atoms. The van der Waals surface area contributed by atoms with Crippen molar-refractivity contribution in [3.8, 4) is 5.75 Å². The second kappa shape index (κ2) is 6.12. The summed E-state index contributed by atoms with van der Waals surface area (Å²) >= 11 is 0. The number of anilines is 2. The Hall–Kier alpha value is -2.21. The Morgan fingerprint density at radius 3 is 2.39 bits per heavy atom. The lowest BCUT2D eigenvalue weighted by atomic mass is 10.00. The number of nitrogens with zero attached hydrogens (tertiary/aromatic N) is 1. The molecule has 2 aromatic carbocycles. The van der Waals surface area contributed by atoms with Crippen LogP contribution >= 0.6 is 0 Å². The molecule has 6 heteroatoms. The Kier molecular flexibility index (Phi) is 4.17. The monoisotopic (exact) mass is 322 g/mol. The van der Waals surface area contributed by atoms with Crippen molar-refractivity contribution in [1.82, 2.24) is 5.32 Å². The van der Waals surface area contributed by atoms with Crippen molar-refractivity contribution in [2.24, 2.45) is 0 Å². The molecule has 2 aromatic rings. The Labute approximate surface area is 132 Å². The van der Waals surface area contributed by atoms with Gasteiger partial charge >= 0.3 is 6.36 Å². The topological polar surface area (TPSA) is 24.5 Å². The SMILES string of the molecule is CN(c1ccc(OC(F)(F)F)cc1)c1ccc2c(c1)CNCC2. The van der Waals surface area contributed by atoms with Gasteiger partial charge in [0.15, 0.2) is 0 Å². The van der Waals surface area contributed by atoms with Gasteiger partial charge in [0.2, 0.25) is 0 Å². The van der Waals surface area contributed by atoms with Gasteiger partial charge in [-0.05, 0) is 60.5 Å². The lowest BCUT2D eigenvalue weighted by Gasteiger charge is -2.23. The highest BCUT2D eigenvalue weighted by Crippen LogP contribution is 2.29. The van der Waals surface area contributed by atoms with Crippen LogP contribution in [0.4, 0.5) is 24.5 Å². The first kappa shape index (κ1) is 15.7. The summed E-state index contributed by atoms with van der Waals surface area (Å²) in [6.45, 7) is 1.83. The first-order valence-electron chi connectivity index (χ1n) is 7.34. The summed E-state index contributed by atoms with van der Waals surface area (Å²) in [5, 5.41) is 3.33. The van der Waals surface area contributed by atoms with Gasteiger partial charge in [0, 0.05) is 25.0 Å². The molecular weight excluding hydrogens is 305 g/mol. The van der Waals surface area contributed by atoms with Crippen LogP contribution in [0.3, 0.4) is 0 Å². The fraction of sp³-hybridized carbons (Fsp3) is 0.294. The van der Waals surface area contributed by atoms with E-state index in [9.17, 15) is 13.2 Å². The highest BCUT2D eigenvalue weighted by Gasteiger charge is 2.31. The quantitative estimate of drug-likeness (QED) is 0.924. The van der Waals surface area contributed by atoms with Gasteiger partial charge in [0.25, 0.3) is 0 Å². The van der Waals surface area contributed by atoms with Crippen LogP contribution < -0.4 is 15.0 Å². The molecule has 0 amide bonds. The lowest BCUT2D eigenvalue weighted by molar-refractivity contribution is -0.274. The van der Waals surface area contributed by atoms with E-state index < -0.39 is 6.36 Å². The molecule has 23 heavy (non-hydrogen) atoms. The van der Waals surface area contributed by atoms with Crippen molar-refractivity contribution in [3.05, 3.63) is 53.6 Å². The van der Waals surface area contributed by atoms with E-state index in [1.807, 2.05) is 18.0 Å². The van der Waals surface area contributed by atoms with Crippen molar-refractivity contribution in [2.45, 2.75) is 19.3 Å². The smallest absolute Gasteiger partial charge is 0.406 e. The van der Waals surface area contributed by atoms with Gasteiger partial charge in [-0.15, -0.1) is 13.2 Å². The third-order valence-corrected chi connectivity index (χ3v) is 3.92.